The van der Waals surface area contributed by atoms with Crippen LogP contribution in [0.25, 0.3) is 0 Å². The van der Waals surface area contributed by atoms with E-state index in [2.05, 4.69) is 19.4 Å². The first-order chi connectivity index (χ1) is 4.51. The van der Waals surface area contributed by atoms with Crippen molar-refractivity contribution in [2.24, 2.45) is 0 Å². The molecule has 1 saturated heterocycles. The highest BCUT2D eigenvalue weighted by Crippen LogP contribution is 2.43. The van der Waals surface area contributed by atoms with Crippen LogP contribution in [0.4, 0.5) is 0 Å². The normalized spacial score (nSPS) is 37.4. The molecule has 1 heterocycles. The van der Waals surface area contributed by atoms with E-state index in [0.29, 0.717) is 6.04 Å². The van der Waals surface area contributed by atoms with Crippen LogP contribution in [0, 0.1) is 0 Å². The predicted molar refractivity (Wildman–Crippen MR) is 51.2 cm³/mol. The minimum absolute atomic E-state index is 0.291. The average molecular weight is 182 g/mol. The van der Waals surface area contributed by atoms with E-state index in [1.54, 1.807) is 0 Å². The van der Waals surface area contributed by atoms with E-state index in [-0.39, 0.29) is 10.0 Å². The van der Waals surface area contributed by atoms with Gasteiger partial charge in [0.15, 0.2) is 0 Å². The van der Waals surface area contributed by atoms with Crippen molar-refractivity contribution < 1.29 is 0 Å². The van der Waals surface area contributed by atoms with Crippen molar-refractivity contribution >= 4 is 21.8 Å². The summed E-state index contributed by atoms with van der Waals surface area (Å²) in [7, 11) is -0.291. The summed E-state index contributed by atoms with van der Waals surface area (Å²) in [5.41, 5.74) is 0. The molecule has 0 aromatic heterocycles. The monoisotopic (exact) mass is 181 g/mol. The van der Waals surface area contributed by atoms with E-state index < -0.39 is 0 Å². The zero-order valence-electron chi connectivity index (χ0n) is 6.93. The Kier molecular flexibility index (Phi) is 2.54. The van der Waals surface area contributed by atoms with Crippen LogP contribution in [0.2, 0.25) is 0 Å². The quantitative estimate of drug-likeness (QED) is 0.517. The van der Waals surface area contributed by atoms with Gasteiger partial charge >= 0.3 is 0 Å². The van der Waals surface area contributed by atoms with Crippen molar-refractivity contribution in [3.63, 3.8) is 0 Å². The Balaban J connectivity index is 2.49. The van der Waals surface area contributed by atoms with Gasteiger partial charge in [0.2, 0.25) is 0 Å². The van der Waals surface area contributed by atoms with Crippen LogP contribution < -0.4 is 0 Å². The minimum atomic E-state index is -0.291. The Hall–Kier alpha value is 0.600. The number of nitrogens with zero attached hydrogens (tertiary/aromatic N) is 1. The molecule has 0 aromatic carbocycles. The van der Waals surface area contributed by atoms with Gasteiger partial charge in [-0.3, -0.25) is 0 Å². The third kappa shape index (κ3) is 2.04. The molecule has 0 N–H and O–H groups in total. The lowest BCUT2D eigenvalue weighted by Gasteiger charge is -2.42. The van der Waals surface area contributed by atoms with Crippen LogP contribution in [0.3, 0.4) is 0 Å². The first kappa shape index (κ1) is 8.69. The molecule has 1 unspecified atom stereocenters. The van der Waals surface area contributed by atoms with Gasteiger partial charge in [-0.15, -0.1) is 0 Å². The largest absolute Gasteiger partial charge is 0.244 e. The van der Waals surface area contributed by atoms with Crippen molar-refractivity contribution in [1.29, 1.82) is 0 Å². The Bertz CT molecular complexity index is 127. The van der Waals surface area contributed by atoms with Gasteiger partial charge in [-0.05, 0) is 42.7 Å². The van der Waals surface area contributed by atoms with Crippen LogP contribution in [0.15, 0.2) is 0 Å². The first-order valence-corrected chi connectivity index (χ1v) is 6.75. The Morgan fingerprint density at radius 1 is 1.50 bits per heavy atom. The molecular formula is C7H16ClNS. The van der Waals surface area contributed by atoms with Crippen LogP contribution in [0.1, 0.15) is 6.92 Å². The summed E-state index contributed by atoms with van der Waals surface area (Å²) >= 11 is 5.94. The third-order valence-corrected chi connectivity index (χ3v) is 5.20. The Morgan fingerprint density at radius 3 is 2.50 bits per heavy atom. The maximum atomic E-state index is 5.94. The van der Waals surface area contributed by atoms with Crippen molar-refractivity contribution in [3.8, 4) is 0 Å². The van der Waals surface area contributed by atoms with E-state index in [1.165, 1.54) is 11.5 Å². The van der Waals surface area contributed by atoms with Gasteiger partial charge in [0.05, 0.1) is 0 Å². The molecule has 1 aliphatic heterocycles. The molecule has 62 valence electrons. The predicted octanol–water partition coefficient (Wildman–Crippen LogP) is 1.91. The summed E-state index contributed by atoms with van der Waals surface area (Å²) in [6.45, 7) is 3.28. The fraction of sp³-hybridized carbons (Fsp3) is 1.00. The lowest BCUT2D eigenvalue weighted by molar-refractivity contribution is 0.395. The molecule has 3 heteroatoms. The third-order valence-electron chi connectivity index (χ3n) is 2.03. The smallest absolute Gasteiger partial charge is 0.0299 e. The van der Waals surface area contributed by atoms with Gasteiger partial charge in [-0.25, -0.2) is 14.4 Å². The lowest BCUT2D eigenvalue weighted by atomic mass is 10.4. The highest BCUT2D eigenvalue weighted by molar-refractivity contribution is 8.32. The maximum Gasteiger partial charge on any atom is 0.0299 e. The SMILES string of the molecule is CC1CS(C)(C)CCN1Cl. The van der Waals surface area contributed by atoms with Crippen molar-refractivity contribution in [1.82, 2.24) is 4.42 Å². The van der Waals surface area contributed by atoms with Gasteiger partial charge in [0, 0.05) is 12.6 Å². The van der Waals surface area contributed by atoms with E-state index in [0.717, 1.165) is 6.54 Å². The maximum absolute atomic E-state index is 5.94. The molecule has 1 atom stereocenters. The zero-order valence-corrected chi connectivity index (χ0v) is 8.50. The van der Waals surface area contributed by atoms with Crippen LogP contribution >= 0.6 is 21.8 Å². The molecule has 0 amide bonds. The van der Waals surface area contributed by atoms with Crippen molar-refractivity contribution in [2.45, 2.75) is 13.0 Å². The lowest BCUT2D eigenvalue weighted by Crippen LogP contribution is -2.38. The number of rotatable bonds is 0. The van der Waals surface area contributed by atoms with Gasteiger partial charge in [0.25, 0.3) is 0 Å². The second kappa shape index (κ2) is 2.92. The van der Waals surface area contributed by atoms with Crippen molar-refractivity contribution in [2.75, 3.05) is 30.6 Å². The summed E-state index contributed by atoms with van der Waals surface area (Å²) in [5.74, 6) is 2.61. The number of hydrogen-bond acceptors (Lipinski definition) is 1. The summed E-state index contributed by atoms with van der Waals surface area (Å²) in [6.07, 6.45) is 4.79. The Morgan fingerprint density at radius 2 is 2.10 bits per heavy atom. The summed E-state index contributed by atoms with van der Waals surface area (Å²) in [5, 5.41) is 0. The van der Waals surface area contributed by atoms with Crippen molar-refractivity contribution in [3.05, 3.63) is 0 Å². The molecule has 0 spiro atoms. The van der Waals surface area contributed by atoms with Crippen LogP contribution in [-0.4, -0.2) is 41.0 Å². The van der Waals surface area contributed by atoms with E-state index in [9.17, 15) is 0 Å². The second-order valence-electron chi connectivity index (χ2n) is 3.61. The molecule has 1 fully saturated rings. The summed E-state index contributed by atoms with van der Waals surface area (Å²) in [4.78, 5) is 0. The van der Waals surface area contributed by atoms with E-state index in [4.69, 9.17) is 11.8 Å². The number of halogens is 1. The molecule has 1 aliphatic rings. The van der Waals surface area contributed by atoms with Gasteiger partial charge < -0.3 is 0 Å². The highest BCUT2D eigenvalue weighted by Gasteiger charge is 2.25. The van der Waals surface area contributed by atoms with Gasteiger partial charge in [-0.1, -0.05) is 0 Å². The standard InChI is InChI=1S/C7H16ClNS/c1-7-6-10(2,3)5-4-9(7)8/h7H,4-6H2,1-3H3. The average Bonchev–Trinajstić information content (AvgIpc) is 1.79. The molecule has 0 saturated carbocycles. The molecule has 0 aromatic rings. The molecular weight excluding hydrogens is 166 g/mol. The molecule has 1 rings (SSSR count). The fourth-order valence-electron chi connectivity index (χ4n) is 1.37. The summed E-state index contributed by atoms with van der Waals surface area (Å²) < 4.78 is 1.94. The van der Waals surface area contributed by atoms with E-state index >= 15 is 0 Å². The zero-order chi connectivity index (χ0) is 7.78. The molecule has 0 radical (unpaired) electrons. The molecule has 0 aliphatic carbocycles. The first-order valence-electron chi connectivity index (χ1n) is 3.62. The summed E-state index contributed by atoms with van der Waals surface area (Å²) in [6, 6.07) is 0.584. The molecule has 10 heavy (non-hydrogen) atoms. The van der Waals surface area contributed by atoms with Crippen LogP contribution in [-0.2, 0) is 0 Å². The second-order valence-corrected chi connectivity index (χ2v) is 8.32. The van der Waals surface area contributed by atoms with Gasteiger partial charge in [0.1, 0.15) is 0 Å². The highest BCUT2D eigenvalue weighted by atomic mass is 35.5. The van der Waals surface area contributed by atoms with E-state index in [1.807, 2.05) is 4.42 Å². The van der Waals surface area contributed by atoms with Crippen LogP contribution in [0.5, 0.6) is 0 Å². The topological polar surface area (TPSA) is 3.24 Å². The van der Waals surface area contributed by atoms with Gasteiger partial charge in [-0.2, -0.15) is 0 Å². The molecule has 0 bridgehead atoms. The number of hydrogen-bond donors (Lipinski definition) is 0. The Labute approximate surface area is 70.2 Å². The fourth-order valence-corrected chi connectivity index (χ4v) is 4.05. The molecule has 1 nitrogen and oxygen atoms in total. The minimum Gasteiger partial charge on any atom is -0.244 e.